The Bertz CT molecular complexity index is 219. The molecule has 0 aliphatic rings. The third-order valence-electron chi connectivity index (χ3n) is 1.13. The Morgan fingerprint density at radius 2 is 1.12 bits per heavy atom. The van der Waals surface area contributed by atoms with Gasteiger partial charge in [-0.05, 0) is 0 Å². The molecule has 0 saturated heterocycles. The molecule has 0 aliphatic heterocycles. The average molecular weight is 297 g/mol. The Kier molecular flexibility index (Phi) is 5.41. The Labute approximate surface area is 94.4 Å². The van der Waals surface area contributed by atoms with E-state index in [0.29, 0.717) is 0 Å². The Balaban J connectivity index is 4.47. The highest BCUT2D eigenvalue weighted by atomic mass is 35.5. The fraction of sp³-hybridized carbons (Fsp3) is 1.00. The summed E-state index contributed by atoms with van der Waals surface area (Å²) >= 11 is 4.42. The maximum atomic E-state index is 13.0. The van der Waals surface area contributed by atoms with E-state index in [2.05, 4.69) is 21.1 Å². The van der Waals surface area contributed by atoms with Gasteiger partial charge in [-0.2, -0.15) is 30.7 Å². The molecule has 17 heavy (non-hydrogen) atoms. The van der Waals surface area contributed by atoms with Crippen LogP contribution in [-0.4, -0.2) is 37.2 Å². The molecule has 0 N–H and O–H groups in total. The molecule has 0 bridgehead atoms. The lowest BCUT2D eigenvalue weighted by Gasteiger charge is -2.26. The molecule has 2 nitrogen and oxygen atoms in total. The van der Waals surface area contributed by atoms with Crippen molar-refractivity contribution in [2.45, 2.75) is 24.0 Å². The number of rotatable bonds is 5. The lowest BCUT2D eigenvalue weighted by atomic mass is 10.6. The van der Waals surface area contributed by atoms with Gasteiger partial charge in [0.05, 0.1) is 0 Å². The number of ether oxygens (including phenoxy) is 2. The first-order valence-electron chi connectivity index (χ1n) is 3.74. The van der Waals surface area contributed by atoms with Crippen LogP contribution in [0.2, 0.25) is 0 Å². The van der Waals surface area contributed by atoms with Gasteiger partial charge >= 0.3 is 18.4 Å². The second kappa shape index (κ2) is 5.53. The highest BCUT2D eigenvalue weighted by Crippen LogP contribution is 2.30. The van der Waals surface area contributed by atoms with Crippen molar-refractivity contribution in [1.29, 1.82) is 0 Å². The SMILES string of the molecule is F[C@H](Cl)C(F)(OCC(F)(F)F)OCC(F)(F)F. The van der Waals surface area contributed by atoms with E-state index in [1.165, 1.54) is 0 Å². The van der Waals surface area contributed by atoms with E-state index >= 15 is 0 Å². The number of hydrogen-bond donors (Lipinski definition) is 0. The molecule has 0 rings (SSSR count). The summed E-state index contributed by atoms with van der Waals surface area (Å²) in [5.74, 6) is 0. The molecule has 0 aromatic heterocycles. The summed E-state index contributed by atoms with van der Waals surface area (Å²) < 4.78 is 101. The van der Waals surface area contributed by atoms with Gasteiger partial charge in [-0.1, -0.05) is 11.6 Å². The minimum absolute atomic E-state index is 2.35. The molecule has 0 fully saturated rings. The summed E-state index contributed by atoms with van der Waals surface area (Å²) in [5, 5.41) is 0. The van der Waals surface area contributed by atoms with Crippen LogP contribution in [0.3, 0.4) is 0 Å². The molecular formula is C6H5ClF8O2. The molecule has 0 unspecified atom stereocenters. The van der Waals surface area contributed by atoms with Crippen molar-refractivity contribution in [3.05, 3.63) is 0 Å². The van der Waals surface area contributed by atoms with Crippen molar-refractivity contribution in [3.63, 3.8) is 0 Å². The van der Waals surface area contributed by atoms with Crippen LogP contribution in [0.4, 0.5) is 35.1 Å². The minimum Gasteiger partial charge on any atom is -0.311 e. The highest BCUT2D eigenvalue weighted by molar-refractivity contribution is 6.20. The van der Waals surface area contributed by atoms with E-state index in [9.17, 15) is 35.1 Å². The molecule has 1 atom stereocenters. The number of alkyl halides is 9. The van der Waals surface area contributed by atoms with E-state index in [4.69, 9.17) is 0 Å². The molecule has 0 aliphatic carbocycles. The van der Waals surface area contributed by atoms with Gasteiger partial charge in [0, 0.05) is 0 Å². The van der Waals surface area contributed by atoms with Crippen LogP contribution in [0.25, 0.3) is 0 Å². The van der Waals surface area contributed by atoms with Crippen LogP contribution in [0.15, 0.2) is 0 Å². The first-order valence-corrected chi connectivity index (χ1v) is 4.18. The third-order valence-corrected chi connectivity index (χ3v) is 1.39. The van der Waals surface area contributed by atoms with Crippen LogP contribution < -0.4 is 0 Å². The third kappa shape index (κ3) is 7.55. The van der Waals surface area contributed by atoms with Gasteiger partial charge in [-0.15, -0.1) is 0 Å². The first-order chi connectivity index (χ1) is 7.36. The lowest BCUT2D eigenvalue weighted by molar-refractivity contribution is -0.373. The molecule has 0 aromatic carbocycles. The average Bonchev–Trinajstić information content (AvgIpc) is 2.09. The maximum absolute atomic E-state index is 13.0. The van der Waals surface area contributed by atoms with Crippen LogP contribution in [0.5, 0.6) is 0 Å². The number of hydrogen-bond acceptors (Lipinski definition) is 2. The summed E-state index contributed by atoms with van der Waals surface area (Å²) in [7, 11) is 0. The van der Waals surface area contributed by atoms with Crippen LogP contribution in [-0.2, 0) is 9.47 Å². The second-order valence-electron chi connectivity index (χ2n) is 2.69. The predicted molar refractivity (Wildman–Crippen MR) is 38.6 cm³/mol. The van der Waals surface area contributed by atoms with E-state index in [1.54, 1.807) is 0 Å². The smallest absolute Gasteiger partial charge is 0.311 e. The molecule has 0 saturated carbocycles. The molecule has 0 heterocycles. The molecule has 104 valence electrons. The zero-order chi connectivity index (χ0) is 13.9. The summed E-state index contributed by atoms with van der Waals surface area (Å²) in [4.78, 5) is 0. The van der Waals surface area contributed by atoms with E-state index < -0.39 is 37.2 Å². The molecule has 0 amide bonds. The van der Waals surface area contributed by atoms with Crippen molar-refractivity contribution in [3.8, 4) is 0 Å². The topological polar surface area (TPSA) is 18.5 Å². The Hall–Kier alpha value is -0.350. The zero-order valence-electron chi connectivity index (χ0n) is 7.71. The normalized spacial score (nSPS) is 16.1. The van der Waals surface area contributed by atoms with E-state index in [1.807, 2.05) is 0 Å². The zero-order valence-corrected chi connectivity index (χ0v) is 8.47. The summed E-state index contributed by atoms with van der Waals surface area (Å²) in [6, 6.07) is -4.33. The fourth-order valence-corrected chi connectivity index (χ4v) is 0.654. The van der Waals surface area contributed by atoms with Crippen molar-refractivity contribution in [2.75, 3.05) is 13.2 Å². The number of halogens is 9. The molecular weight excluding hydrogens is 292 g/mol. The van der Waals surface area contributed by atoms with Gasteiger partial charge in [0.2, 0.25) is 0 Å². The minimum atomic E-state index is -5.08. The molecule has 0 spiro atoms. The van der Waals surface area contributed by atoms with Gasteiger partial charge < -0.3 is 9.47 Å². The molecule has 11 heteroatoms. The quantitative estimate of drug-likeness (QED) is 0.440. The standard InChI is InChI=1S/C6H5ClF8O2/c7-3(8)6(15,16-1-4(9,10)11)17-2-5(12,13)14/h3H,1-2H2/t3-/m0/s1. The predicted octanol–water partition coefficient (Wildman–Crippen LogP) is 3.30. The Morgan fingerprint density at radius 1 is 0.824 bits per heavy atom. The fourth-order valence-electron chi connectivity index (χ4n) is 0.528. The second-order valence-corrected chi connectivity index (χ2v) is 3.07. The first kappa shape index (κ1) is 16.6. The summed E-state index contributed by atoms with van der Waals surface area (Å²) in [5.41, 5.74) is -3.35. The van der Waals surface area contributed by atoms with Gasteiger partial charge in [0.25, 0.3) is 5.63 Å². The van der Waals surface area contributed by atoms with Crippen molar-refractivity contribution >= 4 is 11.6 Å². The van der Waals surface area contributed by atoms with E-state index in [0.717, 1.165) is 0 Å². The highest BCUT2D eigenvalue weighted by Gasteiger charge is 2.47. The van der Waals surface area contributed by atoms with Crippen molar-refractivity contribution in [2.24, 2.45) is 0 Å². The molecule has 0 aromatic rings. The van der Waals surface area contributed by atoms with Gasteiger partial charge in [-0.25, -0.2) is 4.39 Å². The van der Waals surface area contributed by atoms with Crippen molar-refractivity contribution < 1.29 is 44.6 Å². The van der Waals surface area contributed by atoms with Crippen molar-refractivity contribution in [1.82, 2.24) is 0 Å². The molecule has 0 radical (unpaired) electrons. The van der Waals surface area contributed by atoms with Gasteiger partial charge in [-0.3, -0.25) is 0 Å². The largest absolute Gasteiger partial charge is 0.412 e. The lowest BCUT2D eigenvalue weighted by Crippen LogP contribution is -2.43. The van der Waals surface area contributed by atoms with Gasteiger partial charge in [0.1, 0.15) is 13.2 Å². The van der Waals surface area contributed by atoms with Crippen LogP contribution in [0, 0.1) is 0 Å². The van der Waals surface area contributed by atoms with E-state index in [-0.39, 0.29) is 0 Å². The maximum Gasteiger partial charge on any atom is 0.412 e. The summed E-state index contributed by atoms with van der Waals surface area (Å²) in [6.07, 6.45) is -10.2. The Morgan fingerprint density at radius 3 is 1.29 bits per heavy atom. The van der Waals surface area contributed by atoms with Gasteiger partial charge in [0.15, 0.2) is 0 Å². The monoisotopic (exact) mass is 296 g/mol. The van der Waals surface area contributed by atoms with Crippen LogP contribution in [0.1, 0.15) is 0 Å². The summed E-state index contributed by atoms with van der Waals surface area (Å²) in [6.45, 7) is -4.71. The van der Waals surface area contributed by atoms with Crippen LogP contribution >= 0.6 is 11.6 Å².